The Morgan fingerprint density at radius 1 is 1.29 bits per heavy atom. The van der Waals surface area contributed by atoms with Gasteiger partial charge in [-0.3, -0.25) is 9.48 Å². The first kappa shape index (κ1) is 14.9. The Morgan fingerprint density at radius 3 is 2.81 bits per heavy atom. The molecule has 1 aromatic heterocycles. The van der Waals surface area contributed by atoms with E-state index in [2.05, 4.69) is 27.4 Å². The van der Waals surface area contributed by atoms with Gasteiger partial charge in [0.1, 0.15) is 0 Å². The lowest BCUT2D eigenvalue weighted by molar-refractivity contribution is -0.118. The van der Waals surface area contributed by atoms with Crippen LogP contribution < -0.4 is 5.32 Å². The molecular weight excluding hydrogens is 282 g/mol. The van der Waals surface area contributed by atoms with Crippen LogP contribution in [0, 0.1) is 5.92 Å². The number of hydrogen-bond donors (Lipinski definition) is 1. The molecule has 2 aliphatic carbocycles. The second kappa shape index (κ2) is 7.34. The fourth-order valence-electron chi connectivity index (χ4n) is 3.08. The molecule has 4 nitrogen and oxygen atoms in total. The maximum atomic E-state index is 11.7. The molecule has 5 heteroatoms. The summed E-state index contributed by atoms with van der Waals surface area (Å²) in [5.41, 5.74) is 1.10. The van der Waals surface area contributed by atoms with Crippen molar-refractivity contribution < 1.29 is 4.79 Å². The highest BCUT2D eigenvalue weighted by Gasteiger charge is 2.18. The maximum absolute atomic E-state index is 11.7. The molecule has 2 saturated carbocycles. The van der Waals surface area contributed by atoms with Crippen LogP contribution in [0.1, 0.15) is 56.7 Å². The van der Waals surface area contributed by atoms with E-state index >= 15 is 0 Å². The van der Waals surface area contributed by atoms with Gasteiger partial charge in [-0.25, -0.2) is 0 Å². The lowest BCUT2D eigenvalue weighted by Gasteiger charge is -2.25. The van der Waals surface area contributed by atoms with E-state index in [0.717, 1.165) is 23.9 Å². The van der Waals surface area contributed by atoms with Gasteiger partial charge in [0.15, 0.2) is 0 Å². The van der Waals surface area contributed by atoms with Gasteiger partial charge in [-0.1, -0.05) is 19.3 Å². The molecule has 2 aliphatic rings. The topological polar surface area (TPSA) is 46.9 Å². The van der Waals surface area contributed by atoms with Crippen LogP contribution in [0.5, 0.6) is 0 Å². The summed E-state index contributed by atoms with van der Waals surface area (Å²) in [4.78, 5) is 11.7. The number of hydrogen-bond acceptors (Lipinski definition) is 3. The van der Waals surface area contributed by atoms with Gasteiger partial charge >= 0.3 is 0 Å². The van der Waals surface area contributed by atoms with Crippen LogP contribution in [-0.2, 0) is 10.5 Å². The third kappa shape index (κ3) is 4.25. The van der Waals surface area contributed by atoms with Crippen LogP contribution in [0.4, 0.5) is 0 Å². The number of aromatic nitrogens is 2. The van der Waals surface area contributed by atoms with Crippen molar-refractivity contribution in [3.05, 3.63) is 18.0 Å². The SMILES string of the molecule is O=C(CSCc1ccn(C2CCCC2)n1)NCC1CCC1. The average molecular weight is 307 g/mol. The van der Waals surface area contributed by atoms with Gasteiger partial charge in [0.05, 0.1) is 17.5 Å². The Balaban J connectivity index is 1.33. The molecule has 1 amide bonds. The molecular formula is C16H25N3OS. The van der Waals surface area contributed by atoms with E-state index < -0.39 is 0 Å². The van der Waals surface area contributed by atoms with Crippen molar-refractivity contribution in [2.45, 2.75) is 56.7 Å². The van der Waals surface area contributed by atoms with Crippen molar-refractivity contribution in [1.82, 2.24) is 15.1 Å². The molecule has 0 aromatic carbocycles. The molecule has 0 unspecified atom stereocenters. The third-order valence-corrected chi connectivity index (χ3v) is 5.62. The van der Waals surface area contributed by atoms with Crippen LogP contribution in [0.3, 0.4) is 0 Å². The molecule has 21 heavy (non-hydrogen) atoms. The summed E-state index contributed by atoms with van der Waals surface area (Å²) in [6, 6.07) is 2.70. The highest BCUT2D eigenvalue weighted by molar-refractivity contribution is 7.99. The fraction of sp³-hybridized carbons (Fsp3) is 0.750. The highest BCUT2D eigenvalue weighted by atomic mass is 32.2. The van der Waals surface area contributed by atoms with E-state index in [4.69, 9.17) is 0 Å². The summed E-state index contributed by atoms with van der Waals surface area (Å²) in [6.45, 7) is 0.871. The van der Waals surface area contributed by atoms with E-state index in [1.54, 1.807) is 11.8 Å². The van der Waals surface area contributed by atoms with Gasteiger partial charge < -0.3 is 5.32 Å². The Hall–Kier alpha value is -0.970. The first-order chi connectivity index (χ1) is 10.3. The number of thioether (sulfide) groups is 1. The molecule has 1 aromatic rings. The quantitative estimate of drug-likeness (QED) is 0.842. The van der Waals surface area contributed by atoms with Crippen LogP contribution >= 0.6 is 11.8 Å². The molecule has 0 atom stereocenters. The zero-order valence-corrected chi connectivity index (χ0v) is 13.4. The standard InChI is InChI=1S/C16H25N3OS/c20-16(17-10-13-4-3-5-13)12-21-11-14-8-9-19(18-14)15-6-1-2-7-15/h8-9,13,15H,1-7,10-12H2,(H,17,20). The number of nitrogens with zero attached hydrogens (tertiary/aromatic N) is 2. The highest BCUT2D eigenvalue weighted by Crippen LogP contribution is 2.29. The molecule has 0 bridgehead atoms. The van der Waals surface area contributed by atoms with Crippen molar-refractivity contribution >= 4 is 17.7 Å². The summed E-state index contributed by atoms with van der Waals surface area (Å²) in [6.07, 6.45) is 11.2. The minimum absolute atomic E-state index is 0.169. The summed E-state index contributed by atoms with van der Waals surface area (Å²) >= 11 is 1.66. The van der Waals surface area contributed by atoms with Crippen molar-refractivity contribution in [2.75, 3.05) is 12.3 Å². The molecule has 0 saturated heterocycles. The van der Waals surface area contributed by atoms with Crippen molar-refractivity contribution in [1.29, 1.82) is 0 Å². The molecule has 0 spiro atoms. The molecule has 116 valence electrons. The average Bonchev–Trinajstić information content (AvgIpc) is 3.07. The molecule has 3 rings (SSSR count). The van der Waals surface area contributed by atoms with Crippen LogP contribution in [0.15, 0.2) is 12.3 Å². The third-order valence-electron chi connectivity index (χ3n) is 4.66. The Morgan fingerprint density at radius 2 is 2.10 bits per heavy atom. The van der Waals surface area contributed by atoms with Crippen molar-refractivity contribution in [3.8, 4) is 0 Å². The lowest BCUT2D eigenvalue weighted by atomic mass is 9.85. The Kier molecular flexibility index (Phi) is 5.22. The van der Waals surface area contributed by atoms with Crippen molar-refractivity contribution in [3.63, 3.8) is 0 Å². The first-order valence-corrected chi connectivity index (χ1v) is 9.35. The molecule has 1 N–H and O–H groups in total. The fourth-order valence-corrected chi connectivity index (χ4v) is 3.83. The summed E-state index contributed by atoms with van der Waals surface area (Å²) in [5, 5.41) is 7.69. The van der Waals surface area contributed by atoms with Crippen LogP contribution in [0.2, 0.25) is 0 Å². The second-order valence-electron chi connectivity index (χ2n) is 6.32. The molecule has 1 heterocycles. The van der Waals surface area contributed by atoms with Gasteiger partial charge in [-0.15, -0.1) is 11.8 Å². The summed E-state index contributed by atoms with van der Waals surface area (Å²) in [7, 11) is 0. The molecule has 2 fully saturated rings. The van der Waals surface area contributed by atoms with Crippen molar-refractivity contribution in [2.24, 2.45) is 5.92 Å². The van der Waals surface area contributed by atoms with Gasteiger partial charge in [0, 0.05) is 18.5 Å². The summed E-state index contributed by atoms with van der Waals surface area (Å²) in [5.74, 6) is 2.28. The first-order valence-electron chi connectivity index (χ1n) is 8.20. The van der Waals surface area contributed by atoms with Gasteiger partial charge in [0.25, 0.3) is 0 Å². The number of carbonyl (C=O) groups is 1. The number of amides is 1. The summed E-state index contributed by atoms with van der Waals surface area (Å²) < 4.78 is 2.12. The zero-order chi connectivity index (χ0) is 14.5. The van der Waals surface area contributed by atoms with Gasteiger partial charge in [-0.2, -0.15) is 5.10 Å². The molecule has 0 aliphatic heterocycles. The second-order valence-corrected chi connectivity index (χ2v) is 7.30. The zero-order valence-electron chi connectivity index (χ0n) is 12.6. The Labute approximate surface area is 131 Å². The molecule has 0 radical (unpaired) electrons. The number of carbonyl (C=O) groups excluding carboxylic acids is 1. The Bertz CT molecular complexity index is 464. The predicted octanol–water partition coefficient (Wildman–Crippen LogP) is 3.15. The smallest absolute Gasteiger partial charge is 0.230 e. The monoisotopic (exact) mass is 307 g/mol. The van der Waals surface area contributed by atoms with Gasteiger partial charge in [0.2, 0.25) is 5.91 Å². The minimum Gasteiger partial charge on any atom is -0.355 e. The van der Waals surface area contributed by atoms with E-state index in [1.807, 2.05) is 0 Å². The van der Waals surface area contributed by atoms with E-state index in [0.29, 0.717) is 11.8 Å². The van der Waals surface area contributed by atoms with E-state index in [-0.39, 0.29) is 5.91 Å². The predicted molar refractivity (Wildman–Crippen MR) is 86.2 cm³/mol. The van der Waals surface area contributed by atoms with Crippen LogP contribution in [0.25, 0.3) is 0 Å². The number of nitrogens with one attached hydrogen (secondary N) is 1. The number of rotatable bonds is 7. The maximum Gasteiger partial charge on any atom is 0.230 e. The normalized spacial score (nSPS) is 19.6. The lowest BCUT2D eigenvalue weighted by Crippen LogP contribution is -2.33. The van der Waals surface area contributed by atoms with Gasteiger partial charge in [-0.05, 0) is 37.7 Å². The van der Waals surface area contributed by atoms with Crippen LogP contribution in [-0.4, -0.2) is 28.0 Å². The largest absolute Gasteiger partial charge is 0.355 e. The van der Waals surface area contributed by atoms with E-state index in [9.17, 15) is 4.79 Å². The minimum atomic E-state index is 0.169. The van der Waals surface area contributed by atoms with E-state index in [1.165, 1.54) is 44.9 Å².